The average Bonchev–Trinajstić information content (AvgIpc) is 3.27. The number of fused-ring (bicyclic) bond motifs is 5. The number of carbonyl (C=O) groups excluding carboxylic acids is 2. The van der Waals surface area contributed by atoms with Crippen molar-refractivity contribution in [3.63, 3.8) is 0 Å². The van der Waals surface area contributed by atoms with E-state index < -0.39 is 13.6 Å². The summed E-state index contributed by atoms with van der Waals surface area (Å²) in [5.74, 6) is -0.948. The zero-order valence-corrected chi connectivity index (χ0v) is 20.3. The van der Waals surface area contributed by atoms with Gasteiger partial charge >= 0.3 is 7.82 Å². The second-order valence-electron chi connectivity index (χ2n) is 9.01. The van der Waals surface area contributed by atoms with Crippen LogP contribution in [0.2, 0.25) is 0 Å². The molecule has 1 aliphatic heterocycles. The second kappa shape index (κ2) is 8.42. The van der Waals surface area contributed by atoms with Crippen LogP contribution in [-0.2, 0) is 22.2 Å². The van der Waals surface area contributed by atoms with Gasteiger partial charge in [0.2, 0.25) is 0 Å². The summed E-state index contributed by atoms with van der Waals surface area (Å²) in [5, 5.41) is 0. The maximum absolute atomic E-state index is 13.7. The van der Waals surface area contributed by atoms with Crippen molar-refractivity contribution < 1.29 is 28.1 Å². The molecule has 6 rings (SSSR count). The molecule has 1 aromatic heterocycles. The molecule has 36 heavy (non-hydrogen) atoms. The molecule has 4 aromatic rings. The minimum absolute atomic E-state index is 0.0271. The second-order valence-corrected chi connectivity index (χ2v) is 10.4. The zero-order valence-electron chi connectivity index (χ0n) is 19.4. The van der Waals surface area contributed by atoms with E-state index in [0.29, 0.717) is 17.7 Å². The van der Waals surface area contributed by atoms with E-state index in [-0.39, 0.29) is 40.7 Å². The summed E-state index contributed by atoms with van der Waals surface area (Å²) in [5.41, 5.74) is 4.55. The maximum atomic E-state index is 13.7. The van der Waals surface area contributed by atoms with Gasteiger partial charge in [-0.15, -0.1) is 0 Å². The number of benzene rings is 3. The highest BCUT2D eigenvalue weighted by atomic mass is 31.2. The first-order valence-corrected chi connectivity index (χ1v) is 13.1. The third-order valence-corrected chi connectivity index (χ3v) is 7.70. The van der Waals surface area contributed by atoms with Crippen molar-refractivity contribution in [3.8, 4) is 5.75 Å². The number of hydrogen-bond donors (Lipinski definition) is 1. The lowest BCUT2D eigenvalue weighted by Crippen LogP contribution is -2.23. The summed E-state index contributed by atoms with van der Waals surface area (Å²) < 4.78 is 25.2. The van der Waals surface area contributed by atoms with E-state index >= 15 is 0 Å². The van der Waals surface area contributed by atoms with Gasteiger partial charge in [-0.1, -0.05) is 73.7 Å². The molecule has 2 heterocycles. The molecule has 8 heteroatoms. The third kappa shape index (κ3) is 3.64. The van der Waals surface area contributed by atoms with Crippen molar-refractivity contribution >= 4 is 19.4 Å². The predicted molar refractivity (Wildman–Crippen MR) is 132 cm³/mol. The highest BCUT2D eigenvalue weighted by molar-refractivity contribution is 7.47. The van der Waals surface area contributed by atoms with Gasteiger partial charge in [-0.25, -0.2) is 4.57 Å². The van der Waals surface area contributed by atoms with Crippen LogP contribution in [-0.4, -0.2) is 21.0 Å². The van der Waals surface area contributed by atoms with Gasteiger partial charge in [0.15, 0.2) is 11.6 Å². The Morgan fingerprint density at radius 2 is 1.64 bits per heavy atom. The molecule has 0 bridgehead atoms. The lowest BCUT2D eigenvalue weighted by Gasteiger charge is -2.27. The zero-order chi connectivity index (χ0) is 25.0. The number of ketones is 2. The number of aromatic nitrogens is 1. The first kappa shape index (κ1) is 22.7. The Hall–Kier alpha value is -3.77. The van der Waals surface area contributed by atoms with Crippen LogP contribution in [0.25, 0.3) is 0 Å². The van der Waals surface area contributed by atoms with Crippen LogP contribution in [0.3, 0.4) is 0 Å². The number of phosphoric ester groups is 1. The van der Waals surface area contributed by atoms with Crippen LogP contribution in [0.4, 0.5) is 0 Å². The van der Waals surface area contributed by atoms with Crippen molar-refractivity contribution in [2.75, 3.05) is 0 Å². The Bertz CT molecular complexity index is 1590. The minimum Gasteiger partial charge on any atom is -0.403 e. The molecular weight excluding hydrogens is 477 g/mol. The van der Waals surface area contributed by atoms with Crippen LogP contribution in [0.5, 0.6) is 5.75 Å². The SMILES string of the molecule is C[C@@H]1c2ccccc2Cn2cc3c(c21)C(=O)c1cccc(OP(=O)(O)OCc2ccccc2)c1C3=O. The molecule has 0 spiro atoms. The molecular formula is C28H22NO6P. The average molecular weight is 499 g/mol. The fourth-order valence-electron chi connectivity index (χ4n) is 5.19. The largest absolute Gasteiger partial charge is 0.527 e. The standard InChI is InChI=1S/C28H22NO6P/c1-17-20-11-6-5-10-19(20)14-29-15-22-25(26(17)29)27(30)21-12-7-13-23(24(21)28(22)31)35-36(32,33)34-16-18-8-3-2-4-9-18/h2-13,15,17H,14,16H2,1H3,(H,32,33)/t17-/m1/s1. The summed E-state index contributed by atoms with van der Waals surface area (Å²) in [7, 11) is -4.58. The molecule has 1 unspecified atom stereocenters. The first-order chi connectivity index (χ1) is 17.3. The Morgan fingerprint density at radius 1 is 0.917 bits per heavy atom. The fraction of sp³-hybridized carbons (Fsp3) is 0.143. The molecule has 0 fully saturated rings. The van der Waals surface area contributed by atoms with Gasteiger partial charge in [-0.2, -0.15) is 0 Å². The van der Waals surface area contributed by atoms with Gasteiger partial charge in [0.05, 0.1) is 23.3 Å². The topological polar surface area (TPSA) is 94.8 Å². The molecule has 1 aliphatic carbocycles. The van der Waals surface area contributed by atoms with E-state index in [4.69, 9.17) is 9.05 Å². The molecule has 3 aromatic carbocycles. The monoisotopic (exact) mass is 499 g/mol. The molecule has 0 saturated heterocycles. The molecule has 2 aliphatic rings. The van der Waals surface area contributed by atoms with E-state index in [1.807, 2.05) is 41.8 Å². The minimum atomic E-state index is -4.58. The maximum Gasteiger partial charge on any atom is 0.527 e. The lowest BCUT2D eigenvalue weighted by molar-refractivity contribution is 0.0976. The summed E-state index contributed by atoms with van der Waals surface area (Å²) >= 11 is 0. The smallest absolute Gasteiger partial charge is 0.403 e. The van der Waals surface area contributed by atoms with Crippen LogP contribution >= 0.6 is 7.82 Å². The summed E-state index contributed by atoms with van der Waals surface area (Å²) in [6.07, 6.45) is 1.71. The molecule has 180 valence electrons. The molecule has 2 atom stereocenters. The van der Waals surface area contributed by atoms with Gasteiger partial charge in [0.25, 0.3) is 0 Å². The lowest BCUT2D eigenvalue weighted by atomic mass is 9.81. The number of phosphoric acid groups is 1. The number of rotatable bonds is 5. The Balaban J connectivity index is 1.36. The molecule has 0 saturated carbocycles. The summed E-state index contributed by atoms with van der Waals surface area (Å²) in [4.78, 5) is 37.7. The highest BCUT2D eigenvalue weighted by Crippen LogP contribution is 2.48. The van der Waals surface area contributed by atoms with Crippen molar-refractivity contribution in [1.82, 2.24) is 4.57 Å². The molecule has 0 radical (unpaired) electrons. The Labute approximate surface area is 207 Å². The normalized spacial score (nSPS) is 17.4. The number of nitrogens with zero attached hydrogens (tertiary/aromatic N) is 1. The first-order valence-electron chi connectivity index (χ1n) is 11.6. The quantitative estimate of drug-likeness (QED) is 0.322. The summed E-state index contributed by atoms with van der Waals surface area (Å²) in [6, 6.07) is 21.4. The molecule has 0 amide bonds. The van der Waals surface area contributed by atoms with Gasteiger partial charge in [0, 0.05) is 29.9 Å². The van der Waals surface area contributed by atoms with Crippen LogP contribution in [0.1, 0.15) is 67.1 Å². The predicted octanol–water partition coefficient (Wildman–Crippen LogP) is 5.47. The van der Waals surface area contributed by atoms with Gasteiger partial charge in [0.1, 0.15) is 5.75 Å². The van der Waals surface area contributed by atoms with Gasteiger partial charge in [-0.05, 0) is 22.8 Å². The van der Waals surface area contributed by atoms with Crippen LogP contribution in [0, 0.1) is 0 Å². The number of hydrogen-bond acceptors (Lipinski definition) is 5. The third-order valence-electron chi connectivity index (χ3n) is 6.81. The van der Waals surface area contributed by atoms with Crippen LogP contribution < -0.4 is 4.52 Å². The van der Waals surface area contributed by atoms with Crippen LogP contribution in [0.15, 0.2) is 79.0 Å². The van der Waals surface area contributed by atoms with Gasteiger partial charge < -0.3 is 9.09 Å². The fourth-order valence-corrected chi connectivity index (χ4v) is 5.96. The summed E-state index contributed by atoms with van der Waals surface area (Å²) in [6.45, 7) is 2.44. The molecule has 7 nitrogen and oxygen atoms in total. The van der Waals surface area contributed by atoms with E-state index in [0.717, 1.165) is 16.8 Å². The number of carbonyl (C=O) groups is 2. The highest BCUT2D eigenvalue weighted by Gasteiger charge is 2.40. The van der Waals surface area contributed by atoms with E-state index in [9.17, 15) is 19.0 Å². The van der Waals surface area contributed by atoms with Gasteiger partial charge in [-0.3, -0.25) is 19.0 Å². The van der Waals surface area contributed by atoms with Crippen molar-refractivity contribution in [1.29, 1.82) is 0 Å². The Kier molecular flexibility index (Phi) is 5.30. The van der Waals surface area contributed by atoms with Crippen molar-refractivity contribution in [3.05, 3.63) is 124 Å². The van der Waals surface area contributed by atoms with E-state index in [1.54, 1.807) is 36.5 Å². The van der Waals surface area contributed by atoms with E-state index in [2.05, 4.69) is 0 Å². The molecule has 1 N–H and O–H groups in total. The van der Waals surface area contributed by atoms with Crippen molar-refractivity contribution in [2.24, 2.45) is 0 Å². The van der Waals surface area contributed by atoms with Crippen molar-refractivity contribution in [2.45, 2.75) is 26.0 Å². The Morgan fingerprint density at radius 3 is 2.44 bits per heavy atom. The van der Waals surface area contributed by atoms with E-state index in [1.165, 1.54) is 12.1 Å².